The molecule has 0 aromatic carbocycles. The molecule has 1 saturated carbocycles. The zero-order valence-corrected chi connectivity index (χ0v) is 12.9. The molecule has 1 aliphatic rings. The lowest BCUT2D eigenvalue weighted by atomic mass is 9.87. The molecule has 0 aliphatic heterocycles. The highest BCUT2D eigenvalue weighted by Crippen LogP contribution is 2.35. The van der Waals surface area contributed by atoms with Gasteiger partial charge in [0.1, 0.15) is 9.84 Å². The summed E-state index contributed by atoms with van der Waals surface area (Å²) in [5.74, 6) is 2.16. The molecular weight excluding hydrogens is 246 g/mol. The fourth-order valence-electron chi connectivity index (χ4n) is 3.17. The van der Waals surface area contributed by atoms with Gasteiger partial charge in [0.2, 0.25) is 0 Å². The van der Waals surface area contributed by atoms with Crippen molar-refractivity contribution in [1.82, 2.24) is 5.32 Å². The molecule has 0 aromatic heterocycles. The van der Waals surface area contributed by atoms with E-state index in [0.717, 1.165) is 31.2 Å². The molecule has 4 heteroatoms. The molecule has 18 heavy (non-hydrogen) atoms. The minimum Gasteiger partial charge on any atom is -0.314 e. The molecule has 1 aliphatic carbocycles. The molecule has 1 rings (SSSR count). The van der Waals surface area contributed by atoms with Crippen LogP contribution in [0.4, 0.5) is 0 Å². The van der Waals surface area contributed by atoms with Crippen LogP contribution < -0.4 is 5.32 Å². The summed E-state index contributed by atoms with van der Waals surface area (Å²) < 4.78 is 23.0. The number of rotatable bonds is 8. The first-order valence-corrected chi connectivity index (χ1v) is 9.26. The summed E-state index contributed by atoms with van der Waals surface area (Å²) in [4.78, 5) is 0. The SMILES string of the molecule is CCNC(CCCS(=O)(=O)CC)C1CCCC1C. The van der Waals surface area contributed by atoms with Crippen molar-refractivity contribution in [3.05, 3.63) is 0 Å². The van der Waals surface area contributed by atoms with Crippen LogP contribution in [0.25, 0.3) is 0 Å². The van der Waals surface area contributed by atoms with Gasteiger partial charge >= 0.3 is 0 Å². The van der Waals surface area contributed by atoms with Gasteiger partial charge in [-0.2, -0.15) is 0 Å². The maximum atomic E-state index is 11.5. The molecule has 108 valence electrons. The standard InChI is InChI=1S/C14H29NO2S/c1-4-15-14(13-9-6-8-12(13)3)10-7-11-18(16,17)5-2/h12-15H,4-11H2,1-3H3. The Labute approximate surface area is 113 Å². The van der Waals surface area contributed by atoms with Gasteiger partial charge in [0.25, 0.3) is 0 Å². The zero-order valence-electron chi connectivity index (χ0n) is 12.1. The summed E-state index contributed by atoms with van der Waals surface area (Å²) in [7, 11) is -2.79. The van der Waals surface area contributed by atoms with Gasteiger partial charge in [0, 0.05) is 11.8 Å². The molecule has 1 fully saturated rings. The Morgan fingerprint density at radius 1 is 1.28 bits per heavy atom. The van der Waals surface area contributed by atoms with Crippen molar-refractivity contribution in [2.24, 2.45) is 11.8 Å². The Morgan fingerprint density at radius 3 is 2.50 bits per heavy atom. The summed E-state index contributed by atoms with van der Waals surface area (Å²) in [6.45, 7) is 7.19. The smallest absolute Gasteiger partial charge is 0.150 e. The van der Waals surface area contributed by atoms with E-state index >= 15 is 0 Å². The quantitative estimate of drug-likeness (QED) is 0.740. The maximum absolute atomic E-state index is 11.5. The number of hydrogen-bond donors (Lipinski definition) is 1. The number of hydrogen-bond acceptors (Lipinski definition) is 3. The first-order chi connectivity index (χ1) is 8.50. The van der Waals surface area contributed by atoms with Crippen molar-refractivity contribution in [3.8, 4) is 0 Å². The lowest BCUT2D eigenvalue weighted by Gasteiger charge is -2.27. The van der Waals surface area contributed by atoms with Crippen molar-refractivity contribution < 1.29 is 8.42 Å². The van der Waals surface area contributed by atoms with E-state index < -0.39 is 9.84 Å². The molecule has 0 radical (unpaired) electrons. The Morgan fingerprint density at radius 2 is 2.00 bits per heavy atom. The lowest BCUT2D eigenvalue weighted by molar-refractivity contribution is 0.286. The summed E-state index contributed by atoms with van der Waals surface area (Å²) in [6.07, 6.45) is 5.78. The second-order valence-corrected chi connectivity index (χ2v) is 8.09. The largest absolute Gasteiger partial charge is 0.314 e. The van der Waals surface area contributed by atoms with Gasteiger partial charge in [0.05, 0.1) is 5.75 Å². The fourth-order valence-corrected chi connectivity index (χ4v) is 4.06. The molecule has 0 bridgehead atoms. The van der Waals surface area contributed by atoms with Crippen LogP contribution in [0.3, 0.4) is 0 Å². The number of sulfone groups is 1. The molecule has 3 nitrogen and oxygen atoms in total. The van der Waals surface area contributed by atoms with Crippen molar-refractivity contribution in [3.63, 3.8) is 0 Å². The average Bonchev–Trinajstić information content (AvgIpc) is 2.74. The topological polar surface area (TPSA) is 46.2 Å². The Bertz CT molecular complexity index is 327. The van der Waals surface area contributed by atoms with Crippen LogP contribution in [0.1, 0.15) is 52.9 Å². The van der Waals surface area contributed by atoms with Crippen LogP contribution in [0, 0.1) is 11.8 Å². The Hall–Kier alpha value is -0.0900. The van der Waals surface area contributed by atoms with Gasteiger partial charge in [-0.1, -0.05) is 33.6 Å². The second kappa shape index (κ2) is 7.49. The van der Waals surface area contributed by atoms with Crippen molar-refractivity contribution >= 4 is 9.84 Å². The van der Waals surface area contributed by atoms with Gasteiger partial charge in [-0.05, 0) is 37.6 Å². The normalized spacial score (nSPS) is 26.4. The predicted molar refractivity (Wildman–Crippen MR) is 77.5 cm³/mol. The van der Waals surface area contributed by atoms with Crippen LogP contribution in [-0.2, 0) is 9.84 Å². The van der Waals surface area contributed by atoms with Crippen molar-refractivity contribution in [2.45, 2.75) is 58.9 Å². The van der Waals surface area contributed by atoms with Crippen LogP contribution in [-0.4, -0.2) is 32.5 Å². The third kappa shape index (κ3) is 4.88. The van der Waals surface area contributed by atoms with Gasteiger partial charge in [-0.25, -0.2) is 8.42 Å². The van der Waals surface area contributed by atoms with E-state index in [2.05, 4.69) is 19.2 Å². The molecule has 0 aromatic rings. The highest BCUT2D eigenvalue weighted by atomic mass is 32.2. The highest BCUT2D eigenvalue weighted by molar-refractivity contribution is 7.91. The minimum absolute atomic E-state index is 0.276. The Balaban J connectivity index is 2.43. The third-order valence-corrected chi connectivity index (χ3v) is 6.11. The van der Waals surface area contributed by atoms with E-state index in [4.69, 9.17) is 0 Å². The summed E-state index contributed by atoms with van der Waals surface area (Å²) in [5, 5.41) is 3.56. The van der Waals surface area contributed by atoms with Crippen LogP contribution in [0.5, 0.6) is 0 Å². The first-order valence-electron chi connectivity index (χ1n) is 7.44. The van der Waals surface area contributed by atoms with E-state index in [1.54, 1.807) is 6.92 Å². The van der Waals surface area contributed by atoms with Gasteiger partial charge in [0.15, 0.2) is 0 Å². The maximum Gasteiger partial charge on any atom is 0.150 e. The molecule has 3 atom stereocenters. The van der Waals surface area contributed by atoms with Crippen LogP contribution in [0.2, 0.25) is 0 Å². The highest BCUT2D eigenvalue weighted by Gasteiger charge is 2.30. The van der Waals surface area contributed by atoms with E-state index in [-0.39, 0.29) is 5.75 Å². The summed E-state index contributed by atoms with van der Waals surface area (Å²) in [6, 6.07) is 0.513. The van der Waals surface area contributed by atoms with E-state index in [0.29, 0.717) is 11.8 Å². The van der Waals surface area contributed by atoms with E-state index in [1.165, 1.54) is 19.3 Å². The van der Waals surface area contributed by atoms with Crippen LogP contribution in [0.15, 0.2) is 0 Å². The van der Waals surface area contributed by atoms with Crippen LogP contribution >= 0.6 is 0 Å². The van der Waals surface area contributed by atoms with Gasteiger partial charge < -0.3 is 5.32 Å². The molecule has 0 amide bonds. The van der Waals surface area contributed by atoms with Gasteiger partial charge in [-0.3, -0.25) is 0 Å². The zero-order chi connectivity index (χ0) is 13.6. The summed E-state index contributed by atoms with van der Waals surface area (Å²) >= 11 is 0. The molecule has 0 spiro atoms. The lowest BCUT2D eigenvalue weighted by Crippen LogP contribution is -2.37. The van der Waals surface area contributed by atoms with Gasteiger partial charge in [-0.15, -0.1) is 0 Å². The monoisotopic (exact) mass is 275 g/mol. The minimum atomic E-state index is -2.79. The van der Waals surface area contributed by atoms with E-state index in [1.807, 2.05) is 0 Å². The average molecular weight is 275 g/mol. The molecule has 1 N–H and O–H groups in total. The fraction of sp³-hybridized carbons (Fsp3) is 1.00. The third-order valence-electron chi connectivity index (χ3n) is 4.32. The molecular formula is C14H29NO2S. The number of nitrogens with one attached hydrogen (secondary N) is 1. The first kappa shape index (κ1) is 16.0. The van der Waals surface area contributed by atoms with Crippen molar-refractivity contribution in [1.29, 1.82) is 0 Å². The summed E-state index contributed by atoms with van der Waals surface area (Å²) in [5.41, 5.74) is 0. The Kier molecular flexibility index (Phi) is 6.64. The van der Waals surface area contributed by atoms with Crippen molar-refractivity contribution in [2.75, 3.05) is 18.1 Å². The predicted octanol–water partition coefficient (Wildman–Crippen LogP) is 2.62. The molecule has 0 saturated heterocycles. The molecule has 0 heterocycles. The van der Waals surface area contributed by atoms with E-state index in [9.17, 15) is 8.42 Å². The molecule has 3 unspecified atom stereocenters. The second-order valence-electron chi connectivity index (χ2n) is 5.61.